The van der Waals surface area contributed by atoms with Crippen molar-refractivity contribution in [3.05, 3.63) is 126 Å². The van der Waals surface area contributed by atoms with Crippen molar-refractivity contribution in [2.45, 2.75) is 19.6 Å². The highest BCUT2D eigenvalue weighted by Gasteiger charge is 2.00. The van der Waals surface area contributed by atoms with Crippen LogP contribution in [-0.2, 0) is 19.6 Å². The van der Waals surface area contributed by atoms with Crippen LogP contribution in [0.15, 0.2) is 109 Å². The number of nitrogens with zero attached hydrogens (tertiary/aromatic N) is 1. The van der Waals surface area contributed by atoms with Crippen LogP contribution in [0.3, 0.4) is 0 Å². The predicted octanol–water partition coefficient (Wildman–Crippen LogP) is 5.82. The number of benzene rings is 4. The second kappa shape index (κ2) is 10.5. The van der Waals surface area contributed by atoms with Gasteiger partial charge in [-0.05, 0) is 44.8 Å². The number of hydrogen-bond donors (Lipinski definition) is 2. The van der Waals surface area contributed by atoms with Gasteiger partial charge < -0.3 is 11.1 Å². The number of nitrogens with two attached hydrogens (primary N) is 1. The molecule has 1 aromatic heterocycles. The van der Waals surface area contributed by atoms with Crippen LogP contribution in [0.2, 0.25) is 0 Å². The monoisotopic (exact) mass is 405 g/mol. The Bertz CT molecular complexity index is 1240. The lowest BCUT2D eigenvalue weighted by Gasteiger charge is -2.08. The van der Waals surface area contributed by atoms with Crippen LogP contribution in [0.1, 0.15) is 16.8 Å². The van der Waals surface area contributed by atoms with E-state index in [4.69, 9.17) is 5.73 Å². The number of nitrogens with one attached hydrogen (secondary N) is 1. The van der Waals surface area contributed by atoms with Gasteiger partial charge in [0.25, 0.3) is 0 Å². The van der Waals surface area contributed by atoms with E-state index in [0.717, 1.165) is 18.8 Å². The molecule has 0 aliphatic carbocycles. The Morgan fingerprint density at radius 3 is 1.81 bits per heavy atom. The van der Waals surface area contributed by atoms with Gasteiger partial charge in [-0.25, -0.2) is 0 Å². The van der Waals surface area contributed by atoms with E-state index < -0.39 is 0 Å². The summed E-state index contributed by atoms with van der Waals surface area (Å²) in [5, 5.41) is 8.59. The Morgan fingerprint density at radius 1 is 0.581 bits per heavy atom. The molecule has 3 heteroatoms. The smallest absolute Gasteiger partial charge is 0.0541 e. The van der Waals surface area contributed by atoms with E-state index in [-0.39, 0.29) is 0 Å². The molecule has 5 aromatic rings. The van der Waals surface area contributed by atoms with Crippen LogP contribution in [-0.4, -0.2) is 4.98 Å². The largest absolute Gasteiger partial charge is 0.326 e. The molecule has 0 spiro atoms. The number of pyridine rings is 1. The molecule has 0 amide bonds. The van der Waals surface area contributed by atoms with Crippen molar-refractivity contribution in [2.24, 2.45) is 5.73 Å². The lowest BCUT2D eigenvalue weighted by Crippen LogP contribution is -2.13. The van der Waals surface area contributed by atoms with E-state index in [9.17, 15) is 0 Å². The highest BCUT2D eigenvalue weighted by molar-refractivity contribution is 5.86. The summed E-state index contributed by atoms with van der Waals surface area (Å²) >= 11 is 0. The van der Waals surface area contributed by atoms with Gasteiger partial charge in [0.2, 0.25) is 0 Å². The van der Waals surface area contributed by atoms with E-state index in [0.29, 0.717) is 6.54 Å². The molecule has 0 aliphatic heterocycles. The van der Waals surface area contributed by atoms with Crippen molar-refractivity contribution >= 4 is 21.5 Å². The maximum Gasteiger partial charge on any atom is 0.0541 e. The van der Waals surface area contributed by atoms with Crippen LogP contribution in [0, 0.1) is 0 Å². The number of fused-ring (bicyclic) bond motifs is 2. The zero-order chi connectivity index (χ0) is 21.3. The molecule has 0 unspecified atom stereocenters. The molecule has 0 saturated carbocycles. The van der Waals surface area contributed by atoms with Crippen molar-refractivity contribution < 1.29 is 0 Å². The van der Waals surface area contributed by atoms with Gasteiger partial charge in [-0.1, -0.05) is 91.0 Å². The standard InChI is InChI=1S/C17H16N2.C11H11N/c1-2-10-17-14(6-1)7-5-8-15(17)12-18-13-16-9-3-4-11-19-16;12-8-10-6-3-5-9-4-1-2-7-11(9)10/h1-11,18H,12-13H2;1-7H,8,12H2. The molecule has 0 saturated heterocycles. The van der Waals surface area contributed by atoms with Crippen LogP contribution in [0.25, 0.3) is 21.5 Å². The molecule has 1 heterocycles. The van der Waals surface area contributed by atoms with Crippen molar-refractivity contribution in [1.82, 2.24) is 10.3 Å². The van der Waals surface area contributed by atoms with Crippen molar-refractivity contribution in [1.29, 1.82) is 0 Å². The van der Waals surface area contributed by atoms with Gasteiger partial charge >= 0.3 is 0 Å². The third kappa shape index (κ3) is 5.34. The Hall–Kier alpha value is -3.53. The van der Waals surface area contributed by atoms with E-state index in [1.54, 1.807) is 0 Å². The van der Waals surface area contributed by atoms with Gasteiger partial charge in [-0.3, -0.25) is 4.98 Å². The molecule has 154 valence electrons. The van der Waals surface area contributed by atoms with Crippen molar-refractivity contribution in [2.75, 3.05) is 0 Å². The molecule has 0 aliphatic rings. The minimum absolute atomic E-state index is 0.612. The molecule has 0 atom stereocenters. The van der Waals surface area contributed by atoms with E-state index in [1.165, 1.54) is 32.7 Å². The van der Waals surface area contributed by atoms with Crippen LogP contribution < -0.4 is 11.1 Å². The third-order valence-corrected chi connectivity index (χ3v) is 5.33. The van der Waals surface area contributed by atoms with E-state index >= 15 is 0 Å². The van der Waals surface area contributed by atoms with Gasteiger partial charge in [-0.2, -0.15) is 0 Å². The van der Waals surface area contributed by atoms with Crippen LogP contribution >= 0.6 is 0 Å². The molecule has 3 N–H and O–H groups in total. The summed E-state index contributed by atoms with van der Waals surface area (Å²) in [5.74, 6) is 0. The van der Waals surface area contributed by atoms with Gasteiger partial charge in [0.15, 0.2) is 0 Å². The quantitative estimate of drug-likeness (QED) is 0.387. The average Bonchev–Trinajstić information content (AvgIpc) is 2.85. The van der Waals surface area contributed by atoms with Gasteiger partial charge in [0, 0.05) is 25.8 Å². The molecule has 0 bridgehead atoms. The van der Waals surface area contributed by atoms with E-state index in [1.807, 2.05) is 42.6 Å². The summed E-state index contributed by atoms with van der Waals surface area (Å²) in [5.41, 5.74) is 9.23. The summed E-state index contributed by atoms with van der Waals surface area (Å²) < 4.78 is 0. The van der Waals surface area contributed by atoms with Crippen LogP contribution in [0.4, 0.5) is 0 Å². The maximum absolute atomic E-state index is 5.62. The summed E-state index contributed by atoms with van der Waals surface area (Å²) in [6.07, 6.45) is 1.83. The van der Waals surface area contributed by atoms with Gasteiger partial charge in [0.05, 0.1) is 5.69 Å². The van der Waals surface area contributed by atoms with Crippen molar-refractivity contribution in [3.8, 4) is 0 Å². The highest BCUT2D eigenvalue weighted by atomic mass is 14.9. The maximum atomic E-state index is 5.62. The molecule has 0 radical (unpaired) electrons. The predicted molar refractivity (Wildman–Crippen MR) is 131 cm³/mol. The van der Waals surface area contributed by atoms with Gasteiger partial charge in [0.1, 0.15) is 0 Å². The second-order valence-corrected chi connectivity index (χ2v) is 7.41. The van der Waals surface area contributed by atoms with Crippen LogP contribution in [0.5, 0.6) is 0 Å². The fraction of sp³-hybridized carbons (Fsp3) is 0.107. The Labute approximate surface area is 183 Å². The van der Waals surface area contributed by atoms with Crippen molar-refractivity contribution in [3.63, 3.8) is 0 Å². The fourth-order valence-electron chi connectivity index (χ4n) is 3.75. The lowest BCUT2D eigenvalue weighted by molar-refractivity contribution is 0.682. The first-order valence-corrected chi connectivity index (χ1v) is 10.6. The first-order chi connectivity index (χ1) is 15.3. The SMILES string of the molecule is NCc1cccc2ccccc12.c1ccc(CNCc2cccc3ccccc23)nc1. The minimum atomic E-state index is 0.612. The topological polar surface area (TPSA) is 50.9 Å². The number of aromatic nitrogens is 1. The summed E-state index contributed by atoms with van der Waals surface area (Å²) in [4.78, 5) is 4.31. The summed E-state index contributed by atoms with van der Waals surface area (Å²) in [6.45, 7) is 2.27. The molecule has 3 nitrogen and oxygen atoms in total. The third-order valence-electron chi connectivity index (χ3n) is 5.33. The Balaban J connectivity index is 0.000000166. The normalized spacial score (nSPS) is 10.6. The number of rotatable bonds is 5. The van der Waals surface area contributed by atoms with Gasteiger partial charge in [-0.15, -0.1) is 0 Å². The zero-order valence-electron chi connectivity index (χ0n) is 17.5. The molecule has 31 heavy (non-hydrogen) atoms. The molecular formula is C28H27N3. The fourth-order valence-corrected chi connectivity index (χ4v) is 3.75. The molecular weight excluding hydrogens is 378 g/mol. The first-order valence-electron chi connectivity index (χ1n) is 10.6. The van der Waals surface area contributed by atoms with E-state index in [2.05, 4.69) is 77.0 Å². The highest BCUT2D eigenvalue weighted by Crippen LogP contribution is 2.18. The average molecular weight is 406 g/mol. The molecule has 5 rings (SSSR count). The Morgan fingerprint density at radius 2 is 1.16 bits per heavy atom. The molecule has 0 fully saturated rings. The minimum Gasteiger partial charge on any atom is -0.326 e. The lowest BCUT2D eigenvalue weighted by atomic mass is 10.0. The Kier molecular flexibility index (Phi) is 7.01. The molecule has 4 aromatic carbocycles. The second-order valence-electron chi connectivity index (χ2n) is 7.41. The first kappa shape index (κ1) is 20.7. The summed E-state index contributed by atoms with van der Waals surface area (Å²) in [6, 6.07) is 35.4. The number of hydrogen-bond acceptors (Lipinski definition) is 3. The summed E-state index contributed by atoms with van der Waals surface area (Å²) in [7, 11) is 0. The zero-order valence-corrected chi connectivity index (χ0v) is 17.5.